The molecule has 1 aliphatic rings. The van der Waals surface area contributed by atoms with Gasteiger partial charge in [0.25, 0.3) is 6.33 Å². The van der Waals surface area contributed by atoms with Crippen molar-refractivity contribution < 1.29 is 22.1 Å². The molecule has 0 amide bonds. The molecule has 0 N–H and O–H groups in total. The quantitative estimate of drug-likeness (QED) is 0.0728. The molecular formula is C51H83F4N10S2+. The average Bonchev–Trinajstić information content (AvgIpc) is 4.06. The first-order chi connectivity index (χ1) is 30.8. The van der Waals surface area contributed by atoms with Gasteiger partial charge in [0.1, 0.15) is 30.4 Å². The minimum absolute atomic E-state index is 0. The van der Waals surface area contributed by atoms with E-state index in [-0.39, 0.29) is 37.5 Å². The Morgan fingerprint density at radius 2 is 1.21 bits per heavy atom. The number of halogens is 4. The lowest BCUT2D eigenvalue weighted by atomic mass is 9.95. The van der Waals surface area contributed by atoms with E-state index in [1.807, 2.05) is 75.2 Å². The van der Waals surface area contributed by atoms with E-state index in [1.54, 1.807) is 36.8 Å². The lowest BCUT2D eigenvalue weighted by Gasteiger charge is -2.20. The van der Waals surface area contributed by atoms with Crippen LogP contribution in [0.15, 0.2) is 73.8 Å². The van der Waals surface area contributed by atoms with E-state index in [2.05, 4.69) is 126 Å². The third kappa shape index (κ3) is 18.3. The molecule has 7 rings (SSSR count). The molecule has 0 bridgehead atoms. The smallest absolute Gasteiger partial charge is 0.256 e. The molecule has 0 spiro atoms. The molecule has 4 aromatic heterocycles. The fraction of sp³-hybridized carbons (Fsp3) is 0.608. The molecule has 0 radical (unpaired) electrons. The predicted octanol–water partition coefficient (Wildman–Crippen LogP) is 15.0. The lowest BCUT2D eigenvalue weighted by molar-refractivity contribution is -0.670. The van der Waals surface area contributed by atoms with Gasteiger partial charge in [0, 0.05) is 69.7 Å². The van der Waals surface area contributed by atoms with Crippen molar-refractivity contribution in [3.05, 3.63) is 85.5 Å². The van der Waals surface area contributed by atoms with Crippen LogP contribution in [0.5, 0.6) is 0 Å². The number of rotatable bonds is 11. The molecule has 0 atom stereocenters. The average molecular weight is 976 g/mol. The number of anilines is 2. The molecule has 16 heteroatoms. The third-order valence-electron chi connectivity index (χ3n) is 10.6. The van der Waals surface area contributed by atoms with Crippen LogP contribution in [-0.4, -0.2) is 58.0 Å². The van der Waals surface area contributed by atoms with Crippen molar-refractivity contribution in [1.29, 1.82) is 0 Å². The number of fused-ring (bicyclic) bond motifs is 2. The van der Waals surface area contributed by atoms with E-state index in [9.17, 15) is 17.6 Å². The fourth-order valence-electron chi connectivity index (χ4n) is 7.17. The van der Waals surface area contributed by atoms with Gasteiger partial charge in [-0.15, -0.1) is 0 Å². The molecule has 0 saturated heterocycles. The molecule has 376 valence electrons. The Morgan fingerprint density at radius 3 is 1.52 bits per heavy atom. The summed E-state index contributed by atoms with van der Waals surface area (Å²) in [5.74, 6) is -2.12. The Hall–Kier alpha value is -4.18. The summed E-state index contributed by atoms with van der Waals surface area (Å²) in [5.41, 5.74) is 6.85. The monoisotopic (exact) mass is 976 g/mol. The van der Waals surface area contributed by atoms with Crippen molar-refractivity contribution in [2.75, 3.05) is 22.7 Å². The molecule has 2 aromatic carbocycles. The first-order valence-corrected chi connectivity index (χ1v) is 24.9. The zero-order chi connectivity index (χ0) is 49.6. The summed E-state index contributed by atoms with van der Waals surface area (Å²) >= 11 is 3.23. The molecule has 0 unspecified atom stereocenters. The van der Waals surface area contributed by atoms with Crippen LogP contribution in [0.2, 0.25) is 0 Å². The normalized spacial score (nSPS) is 13.6. The van der Waals surface area contributed by atoms with Gasteiger partial charge in [0.05, 0.1) is 52.6 Å². The molecule has 4 heterocycles. The molecular weight excluding hydrogens is 893 g/mol. The minimum atomic E-state index is -2.47. The summed E-state index contributed by atoms with van der Waals surface area (Å²) in [6.07, 6.45) is 14.9. The van der Waals surface area contributed by atoms with Crippen LogP contribution < -0.4 is 13.2 Å². The highest BCUT2D eigenvalue weighted by molar-refractivity contribution is 7.99. The molecule has 1 fully saturated rings. The topological polar surface area (TPSA) is 68.8 Å². The first kappa shape index (κ1) is 58.9. The Morgan fingerprint density at radius 1 is 0.746 bits per heavy atom. The van der Waals surface area contributed by atoms with Crippen LogP contribution in [0.1, 0.15) is 154 Å². The highest BCUT2D eigenvalue weighted by atomic mass is 32.2. The third-order valence-corrected chi connectivity index (χ3v) is 12.3. The number of aryl methyl sites for hydroxylation is 3. The van der Waals surface area contributed by atoms with E-state index < -0.39 is 11.8 Å². The number of hydrogen-bond acceptors (Lipinski definition) is 7. The molecule has 0 aliphatic heterocycles. The van der Waals surface area contributed by atoms with E-state index in [0.29, 0.717) is 25.2 Å². The summed E-state index contributed by atoms with van der Waals surface area (Å²) in [6, 6.07) is 13.0. The van der Waals surface area contributed by atoms with Crippen LogP contribution >= 0.6 is 24.3 Å². The number of nitrogens with zero attached hydrogens (tertiary/aromatic N) is 10. The summed E-state index contributed by atoms with van der Waals surface area (Å²) in [7, 11) is 6.15. The van der Waals surface area contributed by atoms with Crippen LogP contribution in [-0.2, 0) is 31.0 Å². The van der Waals surface area contributed by atoms with E-state index in [4.69, 9.17) is 9.97 Å². The Kier molecular flexibility index (Phi) is 22.9. The maximum atomic E-state index is 12.2. The van der Waals surface area contributed by atoms with Crippen molar-refractivity contribution in [1.82, 2.24) is 32.0 Å². The van der Waals surface area contributed by atoms with Gasteiger partial charge in [-0.3, -0.25) is 8.28 Å². The highest BCUT2D eigenvalue weighted by Crippen LogP contribution is 2.34. The largest absolute Gasteiger partial charge is 0.328 e. The first-order valence-electron chi connectivity index (χ1n) is 23.4. The van der Waals surface area contributed by atoms with Crippen molar-refractivity contribution >= 4 is 57.7 Å². The van der Waals surface area contributed by atoms with E-state index in [0.717, 1.165) is 60.5 Å². The number of benzene rings is 2. The molecule has 1 aliphatic carbocycles. The van der Waals surface area contributed by atoms with Crippen LogP contribution in [0.25, 0.3) is 22.1 Å². The second-order valence-electron chi connectivity index (χ2n) is 19.1. The van der Waals surface area contributed by atoms with Gasteiger partial charge in [0.15, 0.2) is 12.1 Å². The van der Waals surface area contributed by atoms with E-state index >= 15 is 0 Å². The Labute approximate surface area is 409 Å². The second kappa shape index (κ2) is 26.0. The minimum Gasteiger partial charge on any atom is -0.328 e. The molecule has 67 heavy (non-hydrogen) atoms. The SMILES string of the molecule is C.CC.CC(C)CCC(C)(F)F.CCn1c(C(C)(C)C)nc2cc(N(C)Sn3cc[n+](C)c3)ccc21.CCn1c(C(C)(C)C)nc2cc(N(C)Sn3ccnc3)ccc21.FC1(F)CCCCC1. The van der Waals surface area contributed by atoms with Gasteiger partial charge in [-0.2, -0.15) is 3.97 Å². The van der Waals surface area contributed by atoms with Crippen molar-refractivity contribution in [3.63, 3.8) is 0 Å². The lowest BCUT2D eigenvalue weighted by Crippen LogP contribution is -2.23. The maximum absolute atomic E-state index is 12.2. The second-order valence-corrected chi connectivity index (χ2v) is 21.4. The predicted molar refractivity (Wildman–Crippen MR) is 280 cm³/mol. The number of alkyl halides is 4. The Bertz CT molecular complexity index is 2320. The van der Waals surface area contributed by atoms with Gasteiger partial charge in [0.2, 0.25) is 11.8 Å². The number of imidazole rings is 4. The Balaban J connectivity index is 0.000000331. The maximum Gasteiger partial charge on any atom is 0.256 e. The van der Waals surface area contributed by atoms with Crippen LogP contribution in [0.3, 0.4) is 0 Å². The molecule has 10 nitrogen and oxygen atoms in total. The number of aromatic nitrogens is 8. The van der Waals surface area contributed by atoms with Gasteiger partial charge in [-0.05, 0) is 82.3 Å². The summed E-state index contributed by atoms with van der Waals surface area (Å²) in [6.45, 7) is 28.4. The van der Waals surface area contributed by atoms with Gasteiger partial charge in [-0.1, -0.05) is 83.1 Å². The van der Waals surface area contributed by atoms with Gasteiger partial charge < -0.3 is 13.4 Å². The van der Waals surface area contributed by atoms with Gasteiger partial charge in [-0.25, -0.2) is 37.1 Å². The number of hydrogen-bond donors (Lipinski definition) is 0. The van der Waals surface area contributed by atoms with Crippen LogP contribution in [0.4, 0.5) is 28.9 Å². The molecule has 6 aromatic rings. The van der Waals surface area contributed by atoms with E-state index in [1.165, 1.54) is 11.0 Å². The fourth-order valence-corrected chi connectivity index (χ4v) is 8.66. The standard InChI is InChI=1S/C18H26N5S.C17H23N5S.C7H14F2.C6H10F2.C2H6.CH4/c1-7-23-16-9-8-14(12-15(16)19-17(23)18(2,3)4)21(6)24-22-11-10-20(5)13-22;1-6-22-15-8-7-13(20(5)23-21-10-9-18-12-21)11-14(15)19-16(22)17(2,3)4;1-6(2)4-5-7(3,8)9;7-6(8)4-2-1-3-5-6;1-2;/h8-13H,7H2,1-6H3;7-12H,6H2,1-5H3;6H,4-5H2,1-3H3;1-5H2;1-2H3;1H4/q+1;;;;;. The zero-order valence-electron chi connectivity index (χ0n) is 42.7. The van der Waals surface area contributed by atoms with Crippen molar-refractivity contribution in [2.45, 2.75) is 178 Å². The summed E-state index contributed by atoms with van der Waals surface area (Å²) in [5, 5.41) is 0. The summed E-state index contributed by atoms with van der Waals surface area (Å²) < 4.78 is 63.5. The van der Waals surface area contributed by atoms with Gasteiger partial charge >= 0.3 is 0 Å². The van der Waals surface area contributed by atoms with Crippen LogP contribution in [0, 0.1) is 5.92 Å². The van der Waals surface area contributed by atoms with Crippen molar-refractivity contribution in [2.24, 2.45) is 13.0 Å². The highest BCUT2D eigenvalue weighted by Gasteiger charge is 2.30. The molecule has 1 saturated carbocycles. The zero-order valence-corrected chi connectivity index (χ0v) is 44.3. The summed E-state index contributed by atoms with van der Waals surface area (Å²) in [4.78, 5) is 13.9. The van der Waals surface area contributed by atoms with Crippen molar-refractivity contribution in [3.8, 4) is 0 Å².